The van der Waals surface area contributed by atoms with E-state index in [0.29, 0.717) is 0 Å². The van der Waals surface area contributed by atoms with Crippen molar-refractivity contribution in [2.24, 2.45) is 0 Å². The van der Waals surface area contributed by atoms with Crippen molar-refractivity contribution in [3.05, 3.63) is 234 Å². The maximum atomic E-state index is 7.05. The van der Waals surface area contributed by atoms with Crippen LogP contribution in [0.3, 0.4) is 0 Å². The van der Waals surface area contributed by atoms with E-state index in [4.69, 9.17) is 8.83 Å². The van der Waals surface area contributed by atoms with Crippen molar-refractivity contribution in [3.63, 3.8) is 0 Å². The number of furan rings is 2. The Morgan fingerprint density at radius 2 is 0.918 bits per heavy atom. The molecule has 0 saturated carbocycles. The minimum atomic E-state index is -0.337. The van der Waals surface area contributed by atoms with Crippen LogP contribution in [0, 0.1) is 0 Å². The minimum Gasteiger partial charge on any atom is -0.455 e. The van der Waals surface area contributed by atoms with Crippen LogP contribution in [0.4, 0.5) is 17.1 Å². The number of aryl methyl sites for hydroxylation is 1. The summed E-state index contributed by atoms with van der Waals surface area (Å²) < 4.78 is 13.9. The third kappa shape index (κ3) is 6.18. The van der Waals surface area contributed by atoms with Gasteiger partial charge in [-0.25, -0.2) is 0 Å². The van der Waals surface area contributed by atoms with Crippen molar-refractivity contribution in [2.75, 3.05) is 4.90 Å². The second-order valence-electron chi connectivity index (χ2n) is 21.2. The van der Waals surface area contributed by atoms with E-state index < -0.39 is 0 Å². The first-order chi connectivity index (χ1) is 35.7. The molecule has 0 amide bonds. The summed E-state index contributed by atoms with van der Waals surface area (Å²) in [5.41, 5.74) is 26.7. The number of benzene rings is 10. The number of para-hydroxylation sites is 3. The fourth-order valence-electron chi connectivity index (χ4n) is 13.2. The average Bonchev–Trinajstić information content (AvgIpc) is 4.15. The predicted octanol–water partition coefficient (Wildman–Crippen LogP) is 19.7. The number of rotatable bonds is 8. The Morgan fingerprint density at radius 1 is 0.397 bits per heavy atom. The molecule has 2 aliphatic rings. The van der Waals surface area contributed by atoms with Gasteiger partial charge in [0.2, 0.25) is 0 Å². The van der Waals surface area contributed by atoms with Gasteiger partial charge in [0.25, 0.3) is 0 Å². The van der Waals surface area contributed by atoms with Crippen molar-refractivity contribution in [1.82, 2.24) is 0 Å². The second kappa shape index (κ2) is 16.1. The van der Waals surface area contributed by atoms with E-state index in [1.807, 2.05) is 0 Å². The Bertz CT molecular complexity index is 4220. The summed E-state index contributed by atoms with van der Waals surface area (Å²) in [6.45, 7) is 14.3. The Balaban J connectivity index is 1.01. The van der Waals surface area contributed by atoms with Gasteiger partial charge in [-0.05, 0) is 134 Å². The molecule has 0 N–H and O–H groups in total. The van der Waals surface area contributed by atoms with Gasteiger partial charge >= 0.3 is 0 Å². The Hall–Kier alpha value is -8.40. The molecule has 0 bridgehead atoms. The molecule has 2 heterocycles. The van der Waals surface area contributed by atoms with Gasteiger partial charge in [0.05, 0.1) is 5.69 Å². The van der Waals surface area contributed by atoms with E-state index in [-0.39, 0.29) is 10.8 Å². The topological polar surface area (TPSA) is 29.5 Å². The summed E-state index contributed by atoms with van der Waals surface area (Å²) in [5.74, 6) is 0. The molecule has 0 saturated heterocycles. The zero-order chi connectivity index (χ0) is 49.3. The molecule has 3 heteroatoms. The first-order valence-electron chi connectivity index (χ1n) is 26.0. The molecule has 2 aliphatic carbocycles. The van der Waals surface area contributed by atoms with Crippen molar-refractivity contribution in [3.8, 4) is 55.6 Å². The summed E-state index contributed by atoms with van der Waals surface area (Å²) in [6.07, 6.45) is 1.82. The molecule has 14 rings (SSSR count). The highest BCUT2D eigenvalue weighted by molar-refractivity contribution is 6.21. The molecule has 10 aromatic carbocycles. The number of hydrogen-bond donors (Lipinski definition) is 0. The Morgan fingerprint density at radius 3 is 1.56 bits per heavy atom. The molecule has 0 radical (unpaired) electrons. The first-order valence-corrected chi connectivity index (χ1v) is 26.0. The molecule has 0 unspecified atom stereocenters. The quantitative estimate of drug-likeness (QED) is 0.152. The van der Waals surface area contributed by atoms with Crippen LogP contribution in [0.15, 0.2) is 209 Å². The second-order valence-corrected chi connectivity index (χ2v) is 21.2. The van der Waals surface area contributed by atoms with Crippen molar-refractivity contribution in [1.29, 1.82) is 0 Å². The Kier molecular flexibility index (Phi) is 9.54. The molecule has 0 fully saturated rings. The number of nitrogens with zero attached hydrogens (tertiary/aromatic N) is 1. The molecule has 352 valence electrons. The summed E-state index contributed by atoms with van der Waals surface area (Å²) in [7, 11) is 0. The van der Waals surface area contributed by atoms with Crippen LogP contribution in [-0.2, 0) is 23.7 Å². The summed E-state index contributed by atoms with van der Waals surface area (Å²) in [5, 5.41) is 4.71. The third-order valence-electron chi connectivity index (χ3n) is 16.6. The van der Waals surface area contributed by atoms with E-state index in [1.54, 1.807) is 0 Å². The van der Waals surface area contributed by atoms with Gasteiger partial charge < -0.3 is 13.7 Å². The van der Waals surface area contributed by atoms with Crippen LogP contribution in [0.5, 0.6) is 0 Å². The zero-order valence-corrected chi connectivity index (χ0v) is 42.2. The minimum absolute atomic E-state index is 0.327. The molecule has 0 aliphatic heterocycles. The van der Waals surface area contributed by atoms with Gasteiger partial charge in [-0.2, -0.15) is 0 Å². The lowest BCUT2D eigenvalue weighted by molar-refractivity contribution is 0.649. The van der Waals surface area contributed by atoms with Gasteiger partial charge in [0, 0.05) is 60.4 Å². The van der Waals surface area contributed by atoms with Gasteiger partial charge in [0.15, 0.2) is 0 Å². The van der Waals surface area contributed by atoms with E-state index in [9.17, 15) is 0 Å². The van der Waals surface area contributed by atoms with Crippen LogP contribution >= 0.6 is 0 Å². The first kappa shape index (κ1) is 43.4. The van der Waals surface area contributed by atoms with Crippen LogP contribution in [-0.4, -0.2) is 0 Å². The highest BCUT2D eigenvalue weighted by Gasteiger charge is 2.43. The molecule has 12 aromatic rings. The molecule has 0 spiro atoms. The standard InChI is InChI=1S/C70H55NO2/c1-7-42-23-15-16-29-49(42)61-47(8-2)66-63(65-53-31-19-22-34-60(53)73-68(61)65)51-38-36-46(40-56(51)70(66,5)6)71(58-32-20-17-28-48(58)43-24-11-9-12-25-43)45-35-37-50-55(39-45)69(3,4)57-41-54(44-26-13-10-14-27-44)67-64(62(50)57)52-30-18-21-33-59(52)72-67/h9-41H,7-8H2,1-6H3. The van der Waals surface area contributed by atoms with E-state index in [0.717, 1.165) is 74.1 Å². The van der Waals surface area contributed by atoms with Crippen molar-refractivity contribution < 1.29 is 8.83 Å². The monoisotopic (exact) mass is 941 g/mol. The lowest BCUT2D eigenvalue weighted by atomic mass is 9.76. The number of fused-ring (bicyclic) bond motifs is 14. The number of hydrogen-bond acceptors (Lipinski definition) is 3. The zero-order valence-electron chi connectivity index (χ0n) is 42.2. The summed E-state index contributed by atoms with van der Waals surface area (Å²) >= 11 is 0. The predicted molar refractivity (Wildman–Crippen MR) is 306 cm³/mol. The lowest BCUT2D eigenvalue weighted by Crippen LogP contribution is -2.19. The van der Waals surface area contributed by atoms with Crippen LogP contribution in [0.25, 0.3) is 99.5 Å². The molecule has 73 heavy (non-hydrogen) atoms. The molecule has 3 nitrogen and oxygen atoms in total. The SMILES string of the molecule is CCc1ccccc1-c1c(CC)c2c(c3c1oc1ccccc13)-c1ccc(N(c3ccc4c(c3)C(C)(C)c3cc(-c5ccccc5)c5oc6ccccc6c5c3-4)c3ccccc3-c3ccccc3)cc1C2(C)C. The maximum absolute atomic E-state index is 7.05. The lowest BCUT2D eigenvalue weighted by Gasteiger charge is -2.31. The van der Waals surface area contributed by atoms with Crippen molar-refractivity contribution >= 4 is 60.9 Å². The van der Waals surface area contributed by atoms with E-state index in [2.05, 4.69) is 247 Å². The molecule has 2 aromatic heterocycles. The highest BCUT2D eigenvalue weighted by atomic mass is 16.3. The highest BCUT2D eigenvalue weighted by Crippen LogP contribution is 2.60. The average molecular weight is 942 g/mol. The van der Waals surface area contributed by atoms with Gasteiger partial charge in [0.1, 0.15) is 22.3 Å². The fraction of sp³-hybridized carbons (Fsp3) is 0.143. The van der Waals surface area contributed by atoms with Crippen LogP contribution in [0.2, 0.25) is 0 Å². The third-order valence-corrected chi connectivity index (χ3v) is 16.6. The molecular weight excluding hydrogens is 887 g/mol. The van der Waals surface area contributed by atoms with Gasteiger partial charge in [-0.15, -0.1) is 0 Å². The molecule has 0 atom stereocenters. The summed E-state index contributed by atoms with van der Waals surface area (Å²) in [4.78, 5) is 2.52. The number of anilines is 3. The van der Waals surface area contributed by atoms with Gasteiger partial charge in [-0.3, -0.25) is 0 Å². The van der Waals surface area contributed by atoms with Crippen LogP contribution < -0.4 is 4.90 Å². The normalized spacial score (nSPS) is 13.9. The largest absolute Gasteiger partial charge is 0.455 e. The smallest absolute Gasteiger partial charge is 0.144 e. The van der Waals surface area contributed by atoms with E-state index >= 15 is 0 Å². The molecular formula is C70H55NO2. The van der Waals surface area contributed by atoms with Gasteiger partial charge in [-0.1, -0.05) is 193 Å². The van der Waals surface area contributed by atoms with Crippen molar-refractivity contribution in [2.45, 2.75) is 65.2 Å². The summed E-state index contributed by atoms with van der Waals surface area (Å²) in [6, 6.07) is 73.5. The van der Waals surface area contributed by atoms with Crippen LogP contribution in [0.1, 0.15) is 74.9 Å². The van der Waals surface area contributed by atoms with E-state index in [1.165, 1.54) is 88.7 Å². The fourth-order valence-corrected chi connectivity index (χ4v) is 13.2. The Labute approximate surface area is 427 Å². The maximum Gasteiger partial charge on any atom is 0.144 e.